The van der Waals surface area contributed by atoms with Gasteiger partial charge in [0.05, 0.1) is 18.6 Å². The Hall–Kier alpha value is -3.53. The minimum atomic E-state index is -3.83. The molecule has 0 fully saturated rings. The number of hydrogen-bond donors (Lipinski definition) is 1. The number of methoxy groups -OCH3 is 1. The zero-order valence-electron chi connectivity index (χ0n) is 17.8. The highest BCUT2D eigenvalue weighted by atomic mass is 32.2. The van der Waals surface area contributed by atoms with Crippen LogP contribution in [0.3, 0.4) is 0 Å². The number of nitrogens with zero attached hydrogens (tertiary/aromatic N) is 1. The highest BCUT2D eigenvalue weighted by molar-refractivity contribution is 7.91. The number of aryl methyl sites for hydroxylation is 1. The second kappa shape index (κ2) is 8.54. The smallest absolute Gasteiger partial charge is 0.231 e. The monoisotopic (exact) mass is 458 g/mol. The van der Waals surface area contributed by atoms with Crippen LogP contribution in [0.1, 0.15) is 17.7 Å². The first-order chi connectivity index (χ1) is 15.3. The summed E-state index contributed by atoms with van der Waals surface area (Å²) in [6.07, 6.45) is -0.232. The lowest BCUT2D eigenvalue weighted by Gasteiger charge is -2.11. The van der Waals surface area contributed by atoms with Crippen LogP contribution in [0.4, 0.5) is 5.69 Å². The molecule has 0 aliphatic carbocycles. The summed E-state index contributed by atoms with van der Waals surface area (Å²) in [6.45, 7) is 3.78. The average Bonchev–Trinajstić information content (AvgIpc) is 3.38. The molecule has 2 heterocycles. The van der Waals surface area contributed by atoms with E-state index in [9.17, 15) is 13.2 Å². The first-order valence-electron chi connectivity index (χ1n) is 9.82. The standard InChI is InChI=1S/C22H22N2O7S/c1-13-14(2)24-31-22(13)15-4-6-18(28-3)20(10-15)32(26,27)9-8-21(25)23-16-5-7-17-19(11-16)30-12-29-17/h4-7,10-11H,8-9,12H2,1-3H3,(H,23,25). The van der Waals surface area contributed by atoms with Crippen LogP contribution >= 0.6 is 0 Å². The van der Waals surface area contributed by atoms with E-state index >= 15 is 0 Å². The first kappa shape index (κ1) is 21.7. The number of sulfone groups is 1. The molecule has 0 saturated carbocycles. The zero-order chi connectivity index (χ0) is 22.9. The van der Waals surface area contributed by atoms with E-state index in [0.717, 1.165) is 11.3 Å². The van der Waals surface area contributed by atoms with E-state index in [1.54, 1.807) is 30.3 Å². The topological polar surface area (TPSA) is 117 Å². The molecule has 9 nitrogen and oxygen atoms in total. The van der Waals surface area contributed by atoms with Gasteiger partial charge < -0.3 is 24.1 Å². The molecular weight excluding hydrogens is 436 g/mol. The molecule has 1 N–H and O–H groups in total. The Morgan fingerprint density at radius 3 is 2.62 bits per heavy atom. The van der Waals surface area contributed by atoms with Gasteiger partial charge in [0.25, 0.3) is 0 Å². The largest absolute Gasteiger partial charge is 0.495 e. The number of ether oxygens (including phenoxy) is 3. The molecule has 0 spiro atoms. The fraction of sp³-hybridized carbons (Fsp3) is 0.273. The van der Waals surface area contributed by atoms with Gasteiger partial charge in [0.1, 0.15) is 10.6 Å². The molecule has 1 amide bonds. The third-order valence-corrected chi connectivity index (χ3v) is 6.90. The summed E-state index contributed by atoms with van der Waals surface area (Å²) in [6, 6.07) is 9.72. The van der Waals surface area contributed by atoms with Crippen molar-refractivity contribution in [3.8, 4) is 28.6 Å². The number of hydrogen-bond acceptors (Lipinski definition) is 8. The highest BCUT2D eigenvalue weighted by Gasteiger charge is 2.24. The number of amides is 1. The SMILES string of the molecule is COc1ccc(-c2onc(C)c2C)cc1S(=O)(=O)CCC(=O)Nc1ccc2c(c1)OCO2. The van der Waals surface area contributed by atoms with E-state index in [4.69, 9.17) is 18.7 Å². The molecule has 0 radical (unpaired) electrons. The van der Waals surface area contributed by atoms with Crippen LogP contribution in [0.5, 0.6) is 17.2 Å². The number of carbonyl (C=O) groups excluding carboxylic acids is 1. The number of aromatic nitrogens is 1. The molecule has 4 rings (SSSR count). The average molecular weight is 458 g/mol. The van der Waals surface area contributed by atoms with Crippen molar-refractivity contribution in [2.24, 2.45) is 0 Å². The molecule has 1 aromatic heterocycles. The minimum Gasteiger partial charge on any atom is -0.495 e. The number of fused-ring (bicyclic) bond motifs is 1. The van der Waals surface area contributed by atoms with Crippen LogP contribution in [0, 0.1) is 13.8 Å². The quantitative estimate of drug-likeness (QED) is 0.572. The number of carbonyl (C=O) groups is 1. The van der Waals surface area contributed by atoms with Crippen LogP contribution in [0.25, 0.3) is 11.3 Å². The predicted molar refractivity (Wildman–Crippen MR) is 116 cm³/mol. The van der Waals surface area contributed by atoms with E-state index in [2.05, 4.69) is 10.5 Å². The molecule has 0 bridgehead atoms. The lowest BCUT2D eigenvalue weighted by Crippen LogP contribution is -2.18. The van der Waals surface area contributed by atoms with Crippen molar-refractivity contribution in [2.75, 3.05) is 25.0 Å². The van der Waals surface area contributed by atoms with Gasteiger partial charge in [0.2, 0.25) is 12.7 Å². The molecule has 1 aliphatic rings. The minimum absolute atomic E-state index is 0.0122. The maximum absolute atomic E-state index is 13.1. The number of anilines is 1. The molecule has 10 heteroatoms. The fourth-order valence-corrected chi connectivity index (χ4v) is 4.72. The van der Waals surface area contributed by atoms with Gasteiger partial charge >= 0.3 is 0 Å². The Balaban J connectivity index is 1.50. The Bertz CT molecular complexity index is 1280. The maximum Gasteiger partial charge on any atom is 0.231 e. The van der Waals surface area contributed by atoms with Crippen molar-refractivity contribution in [3.05, 3.63) is 47.7 Å². The molecule has 0 atom stereocenters. The van der Waals surface area contributed by atoms with E-state index in [1.807, 2.05) is 13.8 Å². The first-order valence-corrected chi connectivity index (χ1v) is 11.5. The van der Waals surface area contributed by atoms with E-state index in [1.165, 1.54) is 13.2 Å². The summed E-state index contributed by atoms with van der Waals surface area (Å²) in [5, 5.41) is 6.60. The highest BCUT2D eigenvalue weighted by Crippen LogP contribution is 2.35. The molecule has 2 aromatic carbocycles. The van der Waals surface area contributed by atoms with Crippen molar-refractivity contribution in [2.45, 2.75) is 25.2 Å². The Labute approximate surface area is 185 Å². The van der Waals surface area contributed by atoms with E-state index in [-0.39, 0.29) is 23.9 Å². The summed E-state index contributed by atoms with van der Waals surface area (Å²) in [5.74, 6) is 0.965. The van der Waals surface area contributed by atoms with Gasteiger partial charge in [-0.05, 0) is 44.2 Å². The van der Waals surface area contributed by atoms with Crippen LogP contribution in [0.15, 0.2) is 45.8 Å². The van der Waals surface area contributed by atoms with Gasteiger partial charge in [-0.25, -0.2) is 8.42 Å². The van der Waals surface area contributed by atoms with Crippen molar-refractivity contribution in [3.63, 3.8) is 0 Å². The third-order valence-electron chi connectivity index (χ3n) is 5.17. The van der Waals surface area contributed by atoms with Gasteiger partial charge in [-0.1, -0.05) is 5.16 Å². The zero-order valence-corrected chi connectivity index (χ0v) is 18.6. The number of rotatable bonds is 7. The number of benzene rings is 2. The molecular formula is C22H22N2O7S. The van der Waals surface area contributed by atoms with Crippen molar-refractivity contribution >= 4 is 21.4 Å². The van der Waals surface area contributed by atoms with Gasteiger partial charge in [-0.3, -0.25) is 4.79 Å². The van der Waals surface area contributed by atoms with Crippen molar-refractivity contribution in [1.82, 2.24) is 5.16 Å². The van der Waals surface area contributed by atoms with Crippen molar-refractivity contribution < 1.29 is 31.9 Å². The Morgan fingerprint density at radius 2 is 1.91 bits per heavy atom. The summed E-state index contributed by atoms with van der Waals surface area (Å²) in [5.41, 5.74) is 2.60. The molecule has 3 aromatic rings. The van der Waals surface area contributed by atoms with Crippen LogP contribution in [-0.2, 0) is 14.6 Å². The van der Waals surface area contributed by atoms with Crippen molar-refractivity contribution in [1.29, 1.82) is 0 Å². The molecule has 1 aliphatic heterocycles. The Morgan fingerprint density at radius 1 is 1.12 bits per heavy atom. The number of nitrogens with one attached hydrogen (secondary N) is 1. The van der Waals surface area contributed by atoms with E-state index in [0.29, 0.717) is 28.5 Å². The van der Waals surface area contributed by atoms with Gasteiger partial charge in [-0.15, -0.1) is 0 Å². The van der Waals surface area contributed by atoms with Crippen LogP contribution in [-0.4, -0.2) is 39.1 Å². The summed E-state index contributed by atoms with van der Waals surface area (Å²) in [4.78, 5) is 12.4. The fourth-order valence-electron chi connectivity index (χ4n) is 3.28. The van der Waals surface area contributed by atoms with Gasteiger partial charge in [0, 0.05) is 29.3 Å². The lowest BCUT2D eigenvalue weighted by atomic mass is 10.1. The van der Waals surface area contributed by atoms with Crippen LogP contribution < -0.4 is 19.5 Å². The lowest BCUT2D eigenvalue weighted by molar-refractivity contribution is -0.115. The summed E-state index contributed by atoms with van der Waals surface area (Å²) < 4.78 is 47.2. The normalized spacial score (nSPS) is 12.6. The second-order valence-electron chi connectivity index (χ2n) is 7.27. The predicted octanol–water partition coefficient (Wildman–Crippen LogP) is 3.50. The van der Waals surface area contributed by atoms with E-state index < -0.39 is 21.5 Å². The Kier molecular flexibility index (Phi) is 5.79. The second-order valence-corrected chi connectivity index (χ2v) is 9.35. The summed E-state index contributed by atoms with van der Waals surface area (Å²) >= 11 is 0. The van der Waals surface area contributed by atoms with Gasteiger partial charge in [-0.2, -0.15) is 0 Å². The van der Waals surface area contributed by atoms with Gasteiger partial charge in [0.15, 0.2) is 27.1 Å². The molecule has 0 saturated heterocycles. The van der Waals surface area contributed by atoms with Crippen LogP contribution in [0.2, 0.25) is 0 Å². The maximum atomic E-state index is 13.1. The molecule has 168 valence electrons. The molecule has 32 heavy (non-hydrogen) atoms. The third kappa shape index (κ3) is 4.26. The summed E-state index contributed by atoms with van der Waals surface area (Å²) in [7, 11) is -2.44. The molecule has 0 unspecified atom stereocenters.